The smallest absolute Gasteiger partial charge is 0.421 e. The lowest BCUT2D eigenvalue weighted by atomic mass is 9.98. The Labute approximate surface area is 175 Å². The standard InChI is InChI=1S/C22H28F3N3O2/c1-3-4-13-29-18-12-8-9-16(14-18)28(2)20-19(22(23,24)25)15-26-21(27-20)30-17-10-6-5-7-11-17/h8-9,12,14-15,17H,3-7,10-11,13H2,1-2H3. The van der Waals surface area contributed by atoms with Gasteiger partial charge < -0.3 is 14.4 Å². The quantitative estimate of drug-likeness (QED) is 0.476. The molecule has 1 aliphatic carbocycles. The minimum absolute atomic E-state index is 0.0212. The van der Waals surface area contributed by atoms with Crippen molar-refractivity contribution in [1.29, 1.82) is 0 Å². The molecule has 30 heavy (non-hydrogen) atoms. The highest BCUT2D eigenvalue weighted by molar-refractivity contribution is 5.64. The molecule has 0 radical (unpaired) electrons. The van der Waals surface area contributed by atoms with Crippen LogP contribution in [0.2, 0.25) is 0 Å². The molecule has 0 bridgehead atoms. The highest BCUT2D eigenvalue weighted by Gasteiger charge is 2.37. The van der Waals surface area contributed by atoms with Gasteiger partial charge in [-0.1, -0.05) is 25.8 Å². The molecule has 1 aliphatic rings. The zero-order valence-corrected chi connectivity index (χ0v) is 17.4. The van der Waals surface area contributed by atoms with Crippen LogP contribution in [0.15, 0.2) is 30.5 Å². The Morgan fingerprint density at radius 3 is 2.63 bits per heavy atom. The fourth-order valence-corrected chi connectivity index (χ4v) is 3.44. The summed E-state index contributed by atoms with van der Waals surface area (Å²) in [6, 6.07) is 6.94. The second-order valence-corrected chi connectivity index (χ2v) is 7.52. The van der Waals surface area contributed by atoms with Crippen molar-refractivity contribution in [1.82, 2.24) is 9.97 Å². The molecule has 1 aromatic carbocycles. The van der Waals surface area contributed by atoms with E-state index in [1.54, 1.807) is 31.3 Å². The lowest BCUT2D eigenvalue weighted by Crippen LogP contribution is -2.23. The van der Waals surface area contributed by atoms with E-state index >= 15 is 0 Å². The zero-order chi connectivity index (χ0) is 21.6. The molecule has 0 atom stereocenters. The summed E-state index contributed by atoms with van der Waals surface area (Å²) in [6.07, 6.45) is 3.05. The van der Waals surface area contributed by atoms with E-state index in [4.69, 9.17) is 9.47 Å². The molecule has 3 rings (SSSR count). The SMILES string of the molecule is CCCCOc1cccc(N(C)c2nc(OC3CCCCC3)ncc2C(F)(F)F)c1. The van der Waals surface area contributed by atoms with E-state index in [0.29, 0.717) is 18.0 Å². The molecule has 0 amide bonds. The predicted molar refractivity (Wildman–Crippen MR) is 109 cm³/mol. The van der Waals surface area contributed by atoms with Crippen molar-refractivity contribution in [2.24, 2.45) is 0 Å². The number of nitrogens with zero attached hydrogens (tertiary/aromatic N) is 3. The molecule has 164 valence electrons. The van der Waals surface area contributed by atoms with Crippen molar-refractivity contribution in [3.05, 3.63) is 36.0 Å². The summed E-state index contributed by atoms with van der Waals surface area (Å²) in [4.78, 5) is 9.38. The minimum atomic E-state index is -4.58. The molecule has 1 heterocycles. The Hall–Kier alpha value is -2.51. The molecule has 1 saturated carbocycles. The fraction of sp³-hybridized carbons (Fsp3) is 0.545. The summed E-state index contributed by atoms with van der Waals surface area (Å²) < 4.78 is 52.4. The lowest BCUT2D eigenvalue weighted by molar-refractivity contribution is -0.137. The van der Waals surface area contributed by atoms with Crippen molar-refractivity contribution in [2.45, 2.75) is 64.1 Å². The van der Waals surface area contributed by atoms with E-state index in [-0.39, 0.29) is 17.9 Å². The highest BCUT2D eigenvalue weighted by Crippen LogP contribution is 2.38. The van der Waals surface area contributed by atoms with Gasteiger partial charge in [-0.3, -0.25) is 0 Å². The lowest BCUT2D eigenvalue weighted by Gasteiger charge is -2.25. The van der Waals surface area contributed by atoms with Crippen LogP contribution in [0.5, 0.6) is 11.8 Å². The molecule has 0 aliphatic heterocycles. The van der Waals surface area contributed by atoms with Crippen LogP contribution in [0.1, 0.15) is 57.4 Å². The topological polar surface area (TPSA) is 47.5 Å². The van der Waals surface area contributed by atoms with Gasteiger partial charge in [0.05, 0.1) is 6.61 Å². The maximum absolute atomic E-state index is 13.6. The van der Waals surface area contributed by atoms with Gasteiger partial charge in [0, 0.05) is 25.0 Å². The second kappa shape index (κ2) is 10.00. The zero-order valence-electron chi connectivity index (χ0n) is 17.4. The molecule has 0 N–H and O–H groups in total. The average molecular weight is 423 g/mol. The van der Waals surface area contributed by atoms with E-state index in [1.165, 1.54) is 4.90 Å². The van der Waals surface area contributed by atoms with Gasteiger partial charge in [0.1, 0.15) is 17.4 Å². The summed E-state index contributed by atoms with van der Waals surface area (Å²) >= 11 is 0. The van der Waals surface area contributed by atoms with E-state index in [0.717, 1.165) is 51.1 Å². The molecular weight excluding hydrogens is 395 g/mol. The number of unbranched alkanes of at least 4 members (excludes halogenated alkanes) is 1. The summed E-state index contributed by atoms with van der Waals surface area (Å²) in [5.74, 6) is 0.364. The van der Waals surface area contributed by atoms with E-state index in [1.807, 2.05) is 0 Å². The van der Waals surface area contributed by atoms with Gasteiger partial charge in [-0.15, -0.1) is 0 Å². The number of halogens is 3. The number of ether oxygens (including phenoxy) is 2. The third-order valence-electron chi connectivity index (χ3n) is 5.17. The Kier molecular flexibility index (Phi) is 7.39. The first-order valence-corrected chi connectivity index (χ1v) is 10.5. The third kappa shape index (κ3) is 5.77. The third-order valence-corrected chi connectivity index (χ3v) is 5.17. The number of hydrogen-bond acceptors (Lipinski definition) is 5. The van der Waals surface area contributed by atoms with Crippen LogP contribution >= 0.6 is 0 Å². The van der Waals surface area contributed by atoms with Crippen LogP contribution < -0.4 is 14.4 Å². The van der Waals surface area contributed by atoms with E-state index < -0.39 is 11.7 Å². The average Bonchev–Trinajstić information content (AvgIpc) is 2.73. The van der Waals surface area contributed by atoms with Gasteiger partial charge in [0.2, 0.25) is 0 Å². The molecule has 1 aromatic heterocycles. The summed E-state index contributed by atoms with van der Waals surface area (Å²) in [5.41, 5.74) is -0.366. The van der Waals surface area contributed by atoms with Gasteiger partial charge in [0.25, 0.3) is 0 Å². The number of rotatable bonds is 8. The minimum Gasteiger partial charge on any atom is -0.494 e. The van der Waals surface area contributed by atoms with Gasteiger partial charge >= 0.3 is 12.2 Å². The van der Waals surface area contributed by atoms with Crippen molar-refractivity contribution in [2.75, 3.05) is 18.6 Å². The molecule has 0 saturated heterocycles. The largest absolute Gasteiger partial charge is 0.494 e. The summed E-state index contributed by atoms with van der Waals surface area (Å²) in [5, 5.41) is 0. The van der Waals surface area contributed by atoms with Gasteiger partial charge in [-0.2, -0.15) is 18.2 Å². The molecule has 1 fully saturated rings. The maximum atomic E-state index is 13.6. The van der Waals surface area contributed by atoms with Crippen molar-refractivity contribution < 1.29 is 22.6 Å². The van der Waals surface area contributed by atoms with Crippen LogP contribution in [-0.2, 0) is 6.18 Å². The van der Waals surface area contributed by atoms with Gasteiger partial charge in [0.15, 0.2) is 5.82 Å². The van der Waals surface area contributed by atoms with E-state index in [2.05, 4.69) is 16.9 Å². The molecule has 2 aromatic rings. The normalized spacial score (nSPS) is 15.1. The van der Waals surface area contributed by atoms with Crippen LogP contribution in [0, 0.1) is 0 Å². The van der Waals surface area contributed by atoms with E-state index in [9.17, 15) is 13.2 Å². The Morgan fingerprint density at radius 1 is 1.17 bits per heavy atom. The number of anilines is 2. The predicted octanol–water partition coefficient (Wildman–Crippen LogP) is 6.15. The second-order valence-electron chi connectivity index (χ2n) is 7.52. The molecular formula is C22H28F3N3O2. The summed E-state index contributed by atoms with van der Waals surface area (Å²) in [7, 11) is 1.55. The Balaban J connectivity index is 1.87. The van der Waals surface area contributed by atoms with Crippen molar-refractivity contribution >= 4 is 11.5 Å². The fourth-order valence-electron chi connectivity index (χ4n) is 3.44. The van der Waals surface area contributed by atoms with Crippen LogP contribution in [0.3, 0.4) is 0 Å². The summed E-state index contributed by atoms with van der Waals surface area (Å²) in [6.45, 7) is 2.62. The molecule has 0 spiro atoms. The Morgan fingerprint density at radius 2 is 1.93 bits per heavy atom. The van der Waals surface area contributed by atoms with Crippen molar-refractivity contribution in [3.8, 4) is 11.8 Å². The highest BCUT2D eigenvalue weighted by atomic mass is 19.4. The first kappa shape index (κ1) is 22.2. The number of alkyl halides is 3. The molecule has 0 unspecified atom stereocenters. The van der Waals surface area contributed by atoms with Gasteiger partial charge in [-0.05, 0) is 44.2 Å². The van der Waals surface area contributed by atoms with Crippen LogP contribution in [0.4, 0.5) is 24.7 Å². The first-order chi connectivity index (χ1) is 14.4. The number of hydrogen-bond donors (Lipinski definition) is 0. The van der Waals surface area contributed by atoms with Crippen LogP contribution in [0.25, 0.3) is 0 Å². The maximum Gasteiger partial charge on any atom is 0.421 e. The van der Waals surface area contributed by atoms with Gasteiger partial charge in [-0.25, -0.2) is 4.98 Å². The van der Waals surface area contributed by atoms with Crippen LogP contribution in [-0.4, -0.2) is 29.7 Å². The number of aromatic nitrogens is 2. The molecule has 5 nitrogen and oxygen atoms in total. The number of benzene rings is 1. The monoisotopic (exact) mass is 423 g/mol. The Bertz CT molecular complexity index is 824. The molecule has 8 heteroatoms. The first-order valence-electron chi connectivity index (χ1n) is 10.5. The van der Waals surface area contributed by atoms with Crippen molar-refractivity contribution in [3.63, 3.8) is 0 Å².